The molecule has 6 heteroatoms. The van der Waals surface area contributed by atoms with Gasteiger partial charge in [0.2, 0.25) is 0 Å². The van der Waals surface area contributed by atoms with Gasteiger partial charge in [-0.1, -0.05) is 25.5 Å². The zero-order valence-corrected chi connectivity index (χ0v) is 18.0. The van der Waals surface area contributed by atoms with Gasteiger partial charge in [0, 0.05) is 49.0 Å². The van der Waals surface area contributed by atoms with Crippen LogP contribution < -0.4 is 14.9 Å². The Labute approximate surface area is 174 Å². The van der Waals surface area contributed by atoms with Crippen LogP contribution in [0.25, 0.3) is 10.9 Å². The Kier molecular flexibility index (Phi) is 6.05. The van der Waals surface area contributed by atoms with Crippen LogP contribution in [0.15, 0.2) is 48.7 Å². The third-order valence-corrected chi connectivity index (χ3v) is 5.90. The largest absolute Gasteiger partial charge is 0.484 e. The van der Waals surface area contributed by atoms with Crippen molar-refractivity contribution >= 4 is 37.0 Å². The summed E-state index contributed by atoms with van der Waals surface area (Å²) in [4.78, 5) is 20.1. The molecule has 0 bridgehead atoms. The molecule has 1 saturated heterocycles. The number of ether oxygens (including phenoxy) is 1. The van der Waals surface area contributed by atoms with E-state index in [1.165, 1.54) is 21.9 Å². The van der Waals surface area contributed by atoms with E-state index in [4.69, 9.17) is 4.74 Å². The molecule has 3 aromatic rings. The van der Waals surface area contributed by atoms with E-state index in [-0.39, 0.29) is 12.5 Å². The molecule has 0 aliphatic carbocycles. The second-order valence-electron chi connectivity index (χ2n) is 7.52. The molecule has 5 nitrogen and oxygen atoms in total. The first kappa shape index (κ1) is 19.8. The van der Waals surface area contributed by atoms with Crippen molar-refractivity contribution in [2.45, 2.75) is 19.8 Å². The van der Waals surface area contributed by atoms with Gasteiger partial charge >= 0.3 is 0 Å². The number of carbonyl (C=O) groups is 1. The molecule has 0 spiro atoms. The number of fused-ring (bicyclic) bond motifs is 1. The van der Waals surface area contributed by atoms with Crippen molar-refractivity contribution in [1.29, 1.82) is 0 Å². The summed E-state index contributed by atoms with van der Waals surface area (Å²) in [5.41, 5.74) is 3.62. The molecule has 1 amide bonds. The number of hydrogen-bond acceptors (Lipinski definition) is 3. The first-order valence-corrected chi connectivity index (χ1v) is 10.8. The standard InChI is InChI=1S/C23H28N3O2P/c1-2-3-17-15-24-22-9-6-19(14-21(17)22)28-16-23(27)26-12-10-25(11-13-26)18-4-7-20(29)8-5-18/h4-9,14-15,24H,2-3,10-13,16,29H2,1H3. The van der Waals surface area contributed by atoms with Crippen LogP contribution in [-0.2, 0) is 11.2 Å². The van der Waals surface area contributed by atoms with E-state index in [1.54, 1.807) is 0 Å². The number of carbonyl (C=O) groups excluding carboxylic acids is 1. The fourth-order valence-electron chi connectivity index (χ4n) is 3.86. The topological polar surface area (TPSA) is 48.6 Å². The van der Waals surface area contributed by atoms with Crippen LogP contribution >= 0.6 is 9.24 Å². The smallest absolute Gasteiger partial charge is 0.260 e. The molecule has 2 aromatic carbocycles. The Bertz CT molecular complexity index is 975. The summed E-state index contributed by atoms with van der Waals surface area (Å²) < 4.78 is 5.84. The number of rotatable bonds is 6. The molecule has 1 aliphatic rings. The van der Waals surface area contributed by atoms with Crippen LogP contribution in [0.2, 0.25) is 0 Å². The lowest BCUT2D eigenvalue weighted by atomic mass is 10.1. The van der Waals surface area contributed by atoms with Crippen LogP contribution in [0, 0.1) is 0 Å². The number of aryl methyl sites for hydroxylation is 1. The van der Waals surface area contributed by atoms with Crippen LogP contribution in [-0.4, -0.2) is 48.6 Å². The van der Waals surface area contributed by atoms with E-state index in [1.807, 2.05) is 23.1 Å². The second-order valence-corrected chi connectivity index (χ2v) is 8.19. The summed E-state index contributed by atoms with van der Waals surface area (Å²) in [7, 11) is 2.71. The highest BCUT2D eigenvalue weighted by Gasteiger charge is 2.21. The van der Waals surface area contributed by atoms with Crippen molar-refractivity contribution in [2.24, 2.45) is 0 Å². The van der Waals surface area contributed by atoms with Gasteiger partial charge in [0.15, 0.2) is 6.61 Å². The number of anilines is 1. The van der Waals surface area contributed by atoms with Crippen molar-refractivity contribution in [3.63, 3.8) is 0 Å². The Hall–Kier alpha value is -2.52. The number of aromatic amines is 1. The number of nitrogens with one attached hydrogen (secondary N) is 1. The summed E-state index contributed by atoms with van der Waals surface area (Å²) >= 11 is 0. The monoisotopic (exact) mass is 409 g/mol. The van der Waals surface area contributed by atoms with Gasteiger partial charge in [-0.3, -0.25) is 4.79 Å². The van der Waals surface area contributed by atoms with E-state index < -0.39 is 0 Å². The summed E-state index contributed by atoms with van der Waals surface area (Å²) in [5, 5.41) is 2.36. The van der Waals surface area contributed by atoms with Crippen LogP contribution in [0.1, 0.15) is 18.9 Å². The maximum absolute atomic E-state index is 12.6. The highest BCUT2D eigenvalue weighted by molar-refractivity contribution is 7.27. The highest BCUT2D eigenvalue weighted by Crippen LogP contribution is 2.25. The van der Waals surface area contributed by atoms with Gasteiger partial charge in [0.1, 0.15) is 5.75 Å². The number of benzene rings is 2. The van der Waals surface area contributed by atoms with Gasteiger partial charge in [-0.15, -0.1) is 9.24 Å². The minimum atomic E-state index is 0.0490. The highest BCUT2D eigenvalue weighted by atomic mass is 31.0. The van der Waals surface area contributed by atoms with Gasteiger partial charge in [0.05, 0.1) is 0 Å². The number of nitrogens with zero attached hydrogens (tertiary/aromatic N) is 2. The fraction of sp³-hybridized carbons (Fsp3) is 0.348. The molecule has 152 valence electrons. The number of hydrogen-bond donors (Lipinski definition) is 1. The minimum Gasteiger partial charge on any atom is -0.484 e. The third kappa shape index (κ3) is 4.56. The van der Waals surface area contributed by atoms with Gasteiger partial charge in [-0.05, 0) is 47.6 Å². The van der Waals surface area contributed by atoms with Gasteiger partial charge < -0.3 is 19.5 Å². The second kappa shape index (κ2) is 8.87. The normalized spacial score (nSPS) is 14.4. The average Bonchev–Trinajstić information content (AvgIpc) is 3.15. The van der Waals surface area contributed by atoms with Gasteiger partial charge in [-0.25, -0.2) is 0 Å². The molecule has 1 aliphatic heterocycles. The first-order valence-electron chi connectivity index (χ1n) is 10.2. The van der Waals surface area contributed by atoms with Gasteiger partial charge in [0.25, 0.3) is 5.91 Å². The molecular formula is C23H28N3O2P. The molecule has 1 fully saturated rings. The maximum Gasteiger partial charge on any atom is 0.260 e. The molecule has 4 rings (SSSR count). The number of H-pyrrole nitrogens is 1. The third-order valence-electron chi connectivity index (χ3n) is 5.51. The molecule has 1 unspecified atom stereocenters. The minimum absolute atomic E-state index is 0.0490. The van der Waals surface area contributed by atoms with E-state index in [2.05, 4.69) is 56.5 Å². The first-order chi connectivity index (χ1) is 14.1. The molecule has 1 N–H and O–H groups in total. The lowest BCUT2D eigenvalue weighted by molar-refractivity contribution is -0.133. The SMILES string of the molecule is CCCc1c[nH]c2ccc(OCC(=O)N3CCN(c4ccc(P)cc4)CC3)cc12. The Morgan fingerprint density at radius 2 is 1.86 bits per heavy atom. The van der Waals surface area contributed by atoms with Crippen molar-refractivity contribution in [3.05, 3.63) is 54.2 Å². The molecule has 0 saturated carbocycles. The number of piperazine rings is 1. The zero-order chi connectivity index (χ0) is 20.2. The Balaban J connectivity index is 1.31. The quantitative estimate of drug-likeness (QED) is 0.636. The maximum atomic E-state index is 12.6. The van der Waals surface area contributed by atoms with Crippen LogP contribution in [0.3, 0.4) is 0 Å². The summed E-state index contributed by atoms with van der Waals surface area (Å²) in [6.45, 7) is 5.40. The average molecular weight is 409 g/mol. The number of aromatic nitrogens is 1. The lowest BCUT2D eigenvalue weighted by Gasteiger charge is -2.36. The lowest BCUT2D eigenvalue weighted by Crippen LogP contribution is -2.50. The number of amides is 1. The predicted molar refractivity (Wildman–Crippen MR) is 122 cm³/mol. The molecule has 2 heterocycles. The molecule has 1 aromatic heterocycles. The van der Waals surface area contributed by atoms with Crippen molar-refractivity contribution < 1.29 is 9.53 Å². The van der Waals surface area contributed by atoms with Crippen LogP contribution in [0.4, 0.5) is 5.69 Å². The van der Waals surface area contributed by atoms with Crippen molar-refractivity contribution in [1.82, 2.24) is 9.88 Å². The molecular weight excluding hydrogens is 381 g/mol. The molecule has 1 atom stereocenters. The Morgan fingerprint density at radius 1 is 1.10 bits per heavy atom. The van der Waals surface area contributed by atoms with Crippen molar-refractivity contribution in [3.8, 4) is 5.75 Å². The molecule has 0 radical (unpaired) electrons. The molecule has 29 heavy (non-hydrogen) atoms. The van der Waals surface area contributed by atoms with E-state index in [0.717, 1.165) is 50.3 Å². The predicted octanol–water partition coefficient (Wildman–Crippen LogP) is 3.35. The van der Waals surface area contributed by atoms with E-state index in [9.17, 15) is 4.79 Å². The zero-order valence-electron chi connectivity index (χ0n) is 16.9. The van der Waals surface area contributed by atoms with Gasteiger partial charge in [-0.2, -0.15) is 0 Å². The Morgan fingerprint density at radius 3 is 2.59 bits per heavy atom. The van der Waals surface area contributed by atoms with E-state index >= 15 is 0 Å². The van der Waals surface area contributed by atoms with Crippen LogP contribution in [0.5, 0.6) is 5.75 Å². The summed E-state index contributed by atoms with van der Waals surface area (Å²) in [6, 6.07) is 14.4. The summed E-state index contributed by atoms with van der Waals surface area (Å²) in [6.07, 6.45) is 4.20. The van der Waals surface area contributed by atoms with Crippen molar-refractivity contribution in [2.75, 3.05) is 37.7 Å². The van der Waals surface area contributed by atoms with E-state index in [0.29, 0.717) is 0 Å². The fourth-order valence-corrected chi connectivity index (χ4v) is 4.05. The summed E-state index contributed by atoms with van der Waals surface area (Å²) in [5.74, 6) is 0.798.